The van der Waals surface area contributed by atoms with Crippen molar-refractivity contribution in [1.29, 1.82) is 0 Å². The highest BCUT2D eigenvalue weighted by atomic mass is 16.5. The molecular formula is C12H17N3O2. The van der Waals surface area contributed by atoms with Crippen molar-refractivity contribution in [2.45, 2.75) is 25.5 Å². The van der Waals surface area contributed by atoms with Gasteiger partial charge in [0.25, 0.3) is 5.91 Å². The Bertz CT molecular complexity index is 428. The van der Waals surface area contributed by atoms with Crippen molar-refractivity contribution >= 4 is 5.91 Å². The minimum absolute atomic E-state index is 0.116. The number of nitrogens with two attached hydrogens (primary N) is 1. The molecule has 0 saturated heterocycles. The number of pyridine rings is 1. The van der Waals surface area contributed by atoms with E-state index >= 15 is 0 Å². The zero-order valence-electron chi connectivity index (χ0n) is 10.1. The van der Waals surface area contributed by atoms with Gasteiger partial charge in [-0.25, -0.2) is 0 Å². The third-order valence-electron chi connectivity index (χ3n) is 2.62. The second-order valence-corrected chi connectivity index (χ2v) is 4.35. The van der Waals surface area contributed by atoms with Crippen molar-refractivity contribution < 1.29 is 9.53 Å². The Balaban J connectivity index is 2.38. The predicted molar refractivity (Wildman–Crippen MR) is 63.8 cm³/mol. The number of amides is 1. The van der Waals surface area contributed by atoms with Crippen molar-refractivity contribution in [3.8, 4) is 5.75 Å². The zero-order valence-corrected chi connectivity index (χ0v) is 10.1. The number of rotatable bonds is 4. The number of aromatic nitrogens is 1. The molecule has 0 bridgehead atoms. The van der Waals surface area contributed by atoms with Gasteiger partial charge in [0, 0.05) is 26.8 Å². The lowest BCUT2D eigenvalue weighted by Crippen LogP contribution is -2.25. The molecule has 1 aliphatic carbocycles. The average Bonchev–Trinajstić information content (AvgIpc) is 3.11. The molecule has 1 saturated carbocycles. The van der Waals surface area contributed by atoms with Crippen LogP contribution in [0.5, 0.6) is 5.75 Å². The first kappa shape index (κ1) is 11.9. The molecule has 1 heterocycles. The Morgan fingerprint density at radius 3 is 2.82 bits per heavy atom. The summed E-state index contributed by atoms with van der Waals surface area (Å²) < 4.78 is 5.73. The Kier molecular flexibility index (Phi) is 3.28. The van der Waals surface area contributed by atoms with E-state index < -0.39 is 0 Å². The maximum atomic E-state index is 12.1. The van der Waals surface area contributed by atoms with Crippen LogP contribution in [-0.4, -0.2) is 36.0 Å². The van der Waals surface area contributed by atoms with Gasteiger partial charge < -0.3 is 15.4 Å². The number of nitrogens with zero attached hydrogens (tertiary/aromatic N) is 2. The third kappa shape index (κ3) is 2.55. The topological polar surface area (TPSA) is 68.5 Å². The number of ether oxygens (including phenoxy) is 1. The minimum atomic E-state index is -0.116. The maximum absolute atomic E-state index is 12.1. The average molecular weight is 235 g/mol. The van der Waals surface area contributed by atoms with Gasteiger partial charge in [0.2, 0.25) is 0 Å². The molecule has 1 aromatic heterocycles. The number of hydrogen-bond donors (Lipinski definition) is 1. The standard InChI is InChI=1S/C12H17N3O2/c1-15(2)12(16)11-9(7-13)14-6-5-10(11)17-8-3-4-8/h5-6,8H,3-4,7,13H2,1-2H3. The first-order valence-corrected chi connectivity index (χ1v) is 5.69. The van der Waals surface area contributed by atoms with Gasteiger partial charge in [-0.1, -0.05) is 0 Å². The Morgan fingerprint density at radius 2 is 2.29 bits per heavy atom. The van der Waals surface area contributed by atoms with E-state index in [0.29, 0.717) is 17.0 Å². The van der Waals surface area contributed by atoms with Gasteiger partial charge in [-0.2, -0.15) is 0 Å². The summed E-state index contributed by atoms with van der Waals surface area (Å²) in [6, 6.07) is 1.73. The van der Waals surface area contributed by atoms with Crippen molar-refractivity contribution in [1.82, 2.24) is 9.88 Å². The second kappa shape index (κ2) is 4.71. The molecule has 0 aromatic carbocycles. The van der Waals surface area contributed by atoms with E-state index in [2.05, 4.69) is 4.98 Å². The molecule has 1 fully saturated rings. The molecule has 5 nitrogen and oxygen atoms in total. The van der Waals surface area contributed by atoms with Gasteiger partial charge in [-0.3, -0.25) is 9.78 Å². The molecular weight excluding hydrogens is 218 g/mol. The lowest BCUT2D eigenvalue weighted by molar-refractivity contribution is 0.0821. The molecule has 0 unspecified atom stereocenters. The van der Waals surface area contributed by atoms with Crippen LogP contribution in [0.25, 0.3) is 0 Å². The largest absolute Gasteiger partial charge is 0.489 e. The number of carbonyl (C=O) groups is 1. The number of carbonyl (C=O) groups excluding carboxylic acids is 1. The highest BCUT2D eigenvalue weighted by Crippen LogP contribution is 2.30. The molecule has 5 heteroatoms. The van der Waals surface area contributed by atoms with E-state index in [-0.39, 0.29) is 18.6 Å². The molecule has 0 radical (unpaired) electrons. The van der Waals surface area contributed by atoms with Crippen molar-refractivity contribution in [3.05, 3.63) is 23.5 Å². The Labute approximate surface area is 101 Å². The van der Waals surface area contributed by atoms with Gasteiger partial charge in [0.15, 0.2) is 0 Å². The molecule has 2 N–H and O–H groups in total. The van der Waals surface area contributed by atoms with E-state index in [1.165, 1.54) is 4.90 Å². The van der Waals surface area contributed by atoms with E-state index in [1.807, 2.05) is 0 Å². The van der Waals surface area contributed by atoms with Crippen LogP contribution in [0.2, 0.25) is 0 Å². The molecule has 92 valence electrons. The van der Waals surface area contributed by atoms with Crippen LogP contribution in [0.1, 0.15) is 28.9 Å². The van der Waals surface area contributed by atoms with Crippen LogP contribution in [0.15, 0.2) is 12.3 Å². The Morgan fingerprint density at radius 1 is 1.59 bits per heavy atom. The monoisotopic (exact) mass is 235 g/mol. The van der Waals surface area contributed by atoms with Crippen LogP contribution >= 0.6 is 0 Å². The summed E-state index contributed by atoms with van der Waals surface area (Å²) in [5, 5.41) is 0. The first-order chi connectivity index (χ1) is 8.13. The summed E-state index contributed by atoms with van der Waals surface area (Å²) in [4.78, 5) is 17.7. The minimum Gasteiger partial charge on any atom is -0.489 e. The quantitative estimate of drug-likeness (QED) is 0.837. The van der Waals surface area contributed by atoms with Crippen molar-refractivity contribution in [3.63, 3.8) is 0 Å². The third-order valence-corrected chi connectivity index (χ3v) is 2.62. The molecule has 17 heavy (non-hydrogen) atoms. The van der Waals surface area contributed by atoms with Crippen LogP contribution < -0.4 is 10.5 Å². The van der Waals surface area contributed by atoms with E-state index in [0.717, 1.165) is 12.8 Å². The molecule has 1 amide bonds. The predicted octanol–water partition coefficient (Wildman–Crippen LogP) is 0.783. The lowest BCUT2D eigenvalue weighted by atomic mass is 10.1. The maximum Gasteiger partial charge on any atom is 0.259 e. The summed E-state index contributed by atoms with van der Waals surface area (Å²) in [6.07, 6.45) is 3.98. The van der Waals surface area contributed by atoms with Gasteiger partial charge in [-0.15, -0.1) is 0 Å². The first-order valence-electron chi connectivity index (χ1n) is 5.69. The summed E-state index contributed by atoms with van der Waals surface area (Å²) >= 11 is 0. The fourth-order valence-electron chi connectivity index (χ4n) is 1.56. The molecule has 2 rings (SSSR count). The molecule has 0 spiro atoms. The highest BCUT2D eigenvalue weighted by molar-refractivity contribution is 5.97. The molecule has 1 aliphatic rings. The van der Waals surface area contributed by atoms with Gasteiger partial charge in [-0.05, 0) is 18.9 Å². The lowest BCUT2D eigenvalue weighted by Gasteiger charge is -2.16. The SMILES string of the molecule is CN(C)C(=O)c1c(OC2CC2)ccnc1CN. The molecule has 0 atom stereocenters. The van der Waals surface area contributed by atoms with Crippen LogP contribution in [-0.2, 0) is 6.54 Å². The summed E-state index contributed by atoms with van der Waals surface area (Å²) in [5.74, 6) is 0.482. The number of hydrogen-bond acceptors (Lipinski definition) is 4. The molecule has 1 aromatic rings. The van der Waals surface area contributed by atoms with Crippen molar-refractivity contribution in [2.24, 2.45) is 5.73 Å². The normalized spacial score (nSPS) is 14.5. The summed E-state index contributed by atoms with van der Waals surface area (Å²) in [5.41, 5.74) is 6.69. The van der Waals surface area contributed by atoms with Crippen LogP contribution in [0.3, 0.4) is 0 Å². The zero-order chi connectivity index (χ0) is 12.4. The summed E-state index contributed by atoms with van der Waals surface area (Å²) in [7, 11) is 3.41. The van der Waals surface area contributed by atoms with E-state index in [4.69, 9.17) is 10.5 Å². The highest BCUT2D eigenvalue weighted by Gasteiger charge is 2.27. The molecule has 0 aliphatic heterocycles. The fraction of sp³-hybridized carbons (Fsp3) is 0.500. The van der Waals surface area contributed by atoms with Crippen LogP contribution in [0, 0.1) is 0 Å². The van der Waals surface area contributed by atoms with E-state index in [9.17, 15) is 4.79 Å². The van der Waals surface area contributed by atoms with Crippen LogP contribution in [0.4, 0.5) is 0 Å². The van der Waals surface area contributed by atoms with Gasteiger partial charge in [0.05, 0.1) is 11.8 Å². The smallest absolute Gasteiger partial charge is 0.259 e. The second-order valence-electron chi connectivity index (χ2n) is 4.35. The summed E-state index contributed by atoms with van der Waals surface area (Å²) in [6.45, 7) is 0.233. The van der Waals surface area contributed by atoms with Gasteiger partial charge >= 0.3 is 0 Å². The fourth-order valence-corrected chi connectivity index (χ4v) is 1.56. The van der Waals surface area contributed by atoms with E-state index in [1.54, 1.807) is 26.4 Å². The Hall–Kier alpha value is -1.62. The van der Waals surface area contributed by atoms with Gasteiger partial charge in [0.1, 0.15) is 11.3 Å². The van der Waals surface area contributed by atoms with Crippen molar-refractivity contribution in [2.75, 3.05) is 14.1 Å².